The number of hydrogen-bond donors (Lipinski definition) is 2. The number of rotatable bonds is 8. The molecule has 3 heterocycles. The number of cyclic esters (lactones) is 1. The lowest BCUT2D eigenvalue weighted by Gasteiger charge is -2.44. The molecule has 1 unspecified atom stereocenters. The summed E-state index contributed by atoms with van der Waals surface area (Å²) in [6.07, 6.45) is 13.8. The Bertz CT molecular complexity index is 1870. The third-order valence-electron chi connectivity index (χ3n) is 15.7. The molecule has 0 radical (unpaired) electrons. The van der Waals surface area contributed by atoms with E-state index in [1.54, 1.807) is 34.1 Å². The van der Waals surface area contributed by atoms with Gasteiger partial charge in [-0.15, -0.1) is 0 Å². The highest BCUT2D eigenvalue weighted by Gasteiger charge is 2.53. The van der Waals surface area contributed by atoms with Gasteiger partial charge in [-0.2, -0.15) is 0 Å². The largest absolute Gasteiger partial charge is 0.460 e. The number of esters is 1. The molecule has 2 saturated heterocycles. The van der Waals surface area contributed by atoms with Gasteiger partial charge in [-0.25, -0.2) is 4.79 Å². The zero-order valence-corrected chi connectivity index (χ0v) is 45.0. The number of ketones is 3. The van der Waals surface area contributed by atoms with Crippen molar-refractivity contribution >= 4 is 37.5 Å². The Balaban J connectivity index is 1.63. The van der Waals surface area contributed by atoms with Crippen molar-refractivity contribution in [1.29, 1.82) is 0 Å². The summed E-state index contributed by atoms with van der Waals surface area (Å²) in [5.41, 5.74) is 1.30. The molecule has 1 aliphatic carbocycles. The molecule has 2 bridgehead atoms. The average molecular weight is 986 g/mol. The summed E-state index contributed by atoms with van der Waals surface area (Å²) in [7, 11) is 2.62. The monoisotopic (exact) mass is 986 g/mol. The maximum absolute atomic E-state index is 14.3. The normalized spacial score (nSPS) is 35.4. The van der Waals surface area contributed by atoms with E-state index >= 15 is 0 Å². The third-order valence-corrected chi connectivity index (χ3v) is 20.2. The molecular weight excluding hydrogens is 899 g/mol. The lowest BCUT2D eigenvalue weighted by atomic mass is 9.82. The number of methoxy groups -OCH3 is 3. The smallest absolute Gasteiger partial charge is 0.329 e. The number of amides is 1. The van der Waals surface area contributed by atoms with Gasteiger partial charge in [0, 0.05) is 59.0 Å². The highest BCUT2D eigenvalue weighted by atomic mass is 28.4. The number of Topliss-reactive ketones (excluding diaryl/α,β-unsaturated/α-hetero) is 3. The van der Waals surface area contributed by atoms with Crippen LogP contribution >= 0.6 is 0 Å². The van der Waals surface area contributed by atoms with E-state index in [-0.39, 0.29) is 60.5 Å². The predicted octanol–water partition coefficient (Wildman–Crippen LogP) is 8.47. The zero-order valence-electron chi connectivity index (χ0n) is 44.0. The minimum atomic E-state index is -2.41. The number of hydrogen-bond acceptors (Lipinski definition) is 13. The number of carbonyl (C=O) groups excluding carboxylic acids is 5. The SMILES string of the molecule is CO[C@H]1C[C@@H]2CC[C@@H](C)[C@@](O)(O2)C(=O)C(=O)N2CCCC[C@H]2C(=O)O[C@H](CC[C@@H]2CCC(O[Si](C)(C)C(C)(C)C)[C@H](OC)C2)CC(=O)C/C=C(\C)[C@@H](O)[C@@H](OC)C(=O)[C@H](C)CC/C=C/C=CC=C1C. The summed E-state index contributed by atoms with van der Waals surface area (Å²) < 4.78 is 36.6. The molecule has 4 rings (SSSR count). The number of aliphatic hydroxyl groups is 2. The number of ether oxygens (including phenoxy) is 5. The van der Waals surface area contributed by atoms with Gasteiger partial charge < -0.3 is 43.2 Å². The fourth-order valence-corrected chi connectivity index (χ4v) is 11.2. The molecule has 69 heavy (non-hydrogen) atoms. The molecule has 0 aromatic carbocycles. The van der Waals surface area contributed by atoms with Crippen LogP contribution in [-0.2, 0) is 52.1 Å². The second-order valence-electron chi connectivity index (χ2n) is 21.8. The predicted molar refractivity (Wildman–Crippen MR) is 268 cm³/mol. The molecule has 3 fully saturated rings. The molecule has 1 amide bonds. The Morgan fingerprint density at radius 2 is 1.57 bits per heavy atom. The van der Waals surface area contributed by atoms with Crippen molar-refractivity contribution in [2.24, 2.45) is 17.8 Å². The van der Waals surface area contributed by atoms with Crippen molar-refractivity contribution in [3.8, 4) is 0 Å². The average Bonchev–Trinajstić information content (AvgIpc) is 3.31. The number of piperidine rings is 1. The summed E-state index contributed by atoms with van der Waals surface area (Å²) in [5, 5.41) is 23.3. The zero-order chi connectivity index (χ0) is 51.3. The van der Waals surface area contributed by atoms with E-state index in [9.17, 15) is 34.2 Å². The number of nitrogens with zero attached hydrogens (tertiary/aromatic N) is 1. The lowest BCUT2D eigenvalue weighted by Crippen LogP contribution is -2.60. The summed E-state index contributed by atoms with van der Waals surface area (Å²) >= 11 is 0. The second-order valence-corrected chi connectivity index (χ2v) is 26.6. The van der Waals surface area contributed by atoms with E-state index in [0.717, 1.165) is 24.8 Å². The minimum absolute atomic E-state index is 0.0321. The molecule has 3 aliphatic heterocycles. The van der Waals surface area contributed by atoms with Crippen molar-refractivity contribution < 1.29 is 62.3 Å². The van der Waals surface area contributed by atoms with Crippen LogP contribution in [0.25, 0.3) is 0 Å². The fourth-order valence-electron chi connectivity index (χ4n) is 9.86. The maximum atomic E-state index is 14.3. The van der Waals surface area contributed by atoms with Crippen LogP contribution in [0.1, 0.15) is 145 Å². The van der Waals surface area contributed by atoms with E-state index < -0.39 is 80.2 Å². The van der Waals surface area contributed by atoms with Gasteiger partial charge in [-0.3, -0.25) is 19.2 Å². The quantitative estimate of drug-likeness (QED) is 0.102. The van der Waals surface area contributed by atoms with Crippen molar-refractivity contribution in [2.75, 3.05) is 27.9 Å². The first kappa shape index (κ1) is 58.4. The molecule has 4 aliphatic rings. The molecular formula is C54H87NO13Si. The van der Waals surface area contributed by atoms with E-state index in [1.807, 2.05) is 44.2 Å². The Kier molecular flexibility index (Phi) is 22.4. The topological polar surface area (TPSA) is 184 Å². The van der Waals surface area contributed by atoms with Gasteiger partial charge in [0.05, 0.1) is 24.4 Å². The Morgan fingerprint density at radius 3 is 2.23 bits per heavy atom. The van der Waals surface area contributed by atoms with E-state index in [0.29, 0.717) is 63.4 Å². The van der Waals surface area contributed by atoms with E-state index in [4.69, 9.17) is 28.1 Å². The first-order chi connectivity index (χ1) is 32.5. The van der Waals surface area contributed by atoms with E-state index in [1.165, 1.54) is 12.0 Å². The van der Waals surface area contributed by atoms with Gasteiger partial charge in [-0.05, 0) is 126 Å². The van der Waals surface area contributed by atoms with Crippen molar-refractivity contribution in [3.63, 3.8) is 0 Å². The van der Waals surface area contributed by atoms with Crippen LogP contribution in [0.5, 0.6) is 0 Å². The fraction of sp³-hybridized carbons (Fsp3) is 0.759. The first-order valence-electron chi connectivity index (χ1n) is 25.6. The summed E-state index contributed by atoms with van der Waals surface area (Å²) in [6.45, 7) is 18.3. The van der Waals surface area contributed by atoms with Gasteiger partial charge in [0.25, 0.3) is 11.7 Å². The van der Waals surface area contributed by atoms with Crippen LogP contribution in [-0.4, -0.2) is 135 Å². The van der Waals surface area contributed by atoms with Gasteiger partial charge in [-0.1, -0.05) is 71.1 Å². The number of allylic oxidation sites excluding steroid dienone is 6. The molecule has 12 atom stereocenters. The van der Waals surface area contributed by atoms with Crippen LogP contribution in [0, 0.1) is 17.8 Å². The maximum Gasteiger partial charge on any atom is 0.329 e. The first-order valence-corrected chi connectivity index (χ1v) is 28.5. The Hall–Kier alpha value is -3.15. The Morgan fingerprint density at radius 1 is 0.841 bits per heavy atom. The van der Waals surface area contributed by atoms with E-state index in [2.05, 4.69) is 33.9 Å². The van der Waals surface area contributed by atoms with Crippen LogP contribution in [0.15, 0.2) is 47.6 Å². The summed E-state index contributed by atoms with van der Waals surface area (Å²) in [4.78, 5) is 71.4. The molecule has 2 N–H and O–H groups in total. The number of aliphatic hydroxyl groups excluding tert-OH is 1. The van der Waals surface area contributed by atoms with Crippen molar-refractivity contribution in [1.82, 2.24) is 4.90 Å². The second kappa shape index (κ2) is 26.5. The van der Waals surface area contributed by atoms with Crippen LogP contribution in [0.4, 0.5) is 0 Å². The summed E-state index contributed by atoms with van der Waals surface area (Å²) in [6, 6.07) is -1.11. The molecule has 14 nitrogen and oxygen atoms in total. The molecule has 1 saturated carbocycles. The van der Waals surface area contributed by atoms with Crippen LogP contribution in [0.3, 0.4) is 0 Å². The van der Waals surface area contributed by atoms with Crippen molar-refractivity contribution in [2.45, 2.75) is 217 Å². The molecule has 0 spiro atoms. The van der Waals surface area contributed by atoms with Gasteiger partial charge >= 0.3 is 5.97 Å². The standard InChI is InChI=1S/C54H87NO13Si/c1-35-20-16-14-13-15-17-21-36(2)47(57)49(65-10)48(58)37(3)23-27-40(56)33-41(29-25-39-26-30-44(46(32-39)64-9)68-69(11,12)53(5,6)7)66-52(61)43-22-18-19-31-55(43)51(60)50(59)54(62)38(4)24-28-42(67-54)34-45(35)63-8/h13-16,20,23,36,38-39,41-46,48-49,58,62H,17-19,21-22,24-34H2,1-12H3/b15-13+,16-14?,35-20?,37-23+/t36-,38-,39-,41-,42+,43+,44?,45+,46-,48-,49+,54-/m1/s1. The highest BCUT2D eigenvalue weighted by Crippen LogP contribution is 2.41. The number of carbonyl (C=O) groups is 5. The molecule has 0 aromatic heterocycles. The van der Waals surface area contributed by atoms with Gasteiger partial charge in [0.1, 0.15) is 30.1 Å². The molecule has 0 aromatic rings. The third kappa shape index (κ3) is 15.9. The lowest BCUT2D eigenvalue weighted by molar-refractivity contribution is -0.265. The van der Waals surface area contributed by atoms with Crippen LogP contribution in [0.2, 0.25) is 18.1 Å². The molecule has 15 heteroatoms. The molecule has 390 valence electrons. The van der Waals surface area contributed by atoms with Gasteiger partial charge in [0.2, 0.25) is 5.79 Å². The van der Waals surface area contributed by atoms with Crippen LogP contribution < -0.4 is 0 Å². The minimum Gasteiger partial charge on any atom is -0.460 e. The number of fused-ring (bicyclic) bond motifs is 3. The van der Waals surface area contributed by atoms with Crippen molar-refractivity contribution in [3.05, 3.63) is 47.6 Å². The highest BCUT2D eigenvalue weighted by molar-refractivity contribution is 6.74. The van der Waals surface area contributed by atoms with Gasteiger partial charge in [0.15, 0.2) is 14.1 Å². The Labute approximate surface area is 414 Å². The summed E-state index contributed by atoms with van der Waals surface area (Å²) in [5.74, 6) is -6.64.